The lowest BCUT2D eigenvalue weighted by molar-refractivity contribution is 0.480. The van der Waals surface area contributed by atoms with Crippen LogP contribution in [0.4, 0.5) is 5.95 Å². The van der Waals surface area contributed by atoms with Gasteiger partial charge in [-0.15, -0.1) is 0 Å². The normalized spacial score (nSPS) is 24.4. The van der Waals surface area contributed by atoms with E-state index >= 15 is 0 Å². The zero-order chi connectivity index (χ0) is 8.39. The number of aromatic amines is 1. The third kappa shape index (κ3) is 1.40. The molecule has 2 N–H and O–H groups in total. The number of anilines is 1. The smallest absolute Gasteiger partial charge is 0.221 e. The molecular weight excluding hydrogens is 154 g/mol. The molecule has 12 heavy (non-hydrogen) atoms. The fraction of sp³-hybridized carbons (Fsp3) is 0.714. The van der Waals surface area contributed by atoms with Crippen molar-refractivity contribution in [2.75, 3.05) is 24.5 Å². The van der Waals surface area contributed by atoms with Crippen molar-refractivity contribution in [1.82, 2.24) is 20.5 Å². The third-order valence-electron chi connectivity index (χ3n) is 2.07. The lowest BCUT2D eigenvalue weighted by atomic mass is 10.2. The van der Waals surface area contributed by atoms with Crippen LogP contribution in [-0.2, 0) is 0 Å². The van der Waals surface area contributed by atoms with Crippen molar-refractivity contribution >= 4 is 5.95 Å². The predicted octanol–water partition coefficient (Wildman–Crippen LogP) is -0.397. The van der Waals surface area contributed by atoms with Crippen molar-refractivity contribution in [3.05, 3.63) is 6.33 Å². The van der Waals surface area contributed by atoms with E-state index in [0.29, 0.717) is 6.04 Å². The predicted molar refractivity (Wildman–Crippen MR) is 46.1 cm³/mol. The highest BCUT2D eigenvalue weighted by Gasteiger charge is 2.17. The molecule has 2 heterocycles. The summed E-state index contributed by atoms with van der Waals surface area (Å²) in [5, 5.41) is 10.1. The summed E-state index contributed by atoms with van der Waals surface area (Å²) < 4.78 is 0. The molecule has 66 valence electrons. The van der Waals surface area contributed by atoms with Gasteiger partial charge in [-0.3, -0.25) is 0 Å². The Bertz CT molecular complexity index is 232. The molecule has 1 atom stereocenters. The lowest BCUT2D eigenvalue weighted by Crippen LogP contribution is -2.49. The van der Waals surface area contributed by atoms with Crippen molar-refractivity contribution in [3.8, 4) is 0 Å². The summed E-state index contributed by atoms with van der Waals surface area (Å²) in [6, 6.07) is 0.531. The zero-order valence-electron chi connectivity index (χ0n) is 7.12. The average molecular weight is 167 g/mol. The van der Waals surface area contributed by atoms with Gasteiger partial charge in [0.25, 0.3) is 0 Å². The molecular formula is C7H13N5. The third-order valence-corrected chi connectivity index (χ3v) is 2.07. The number of hydrogen-bond donors (Lipinski definition) is 2. The number of piperazine rings is 1. The van der Waals surface area contributed by atoms with Crippen LogP contribution in [0.5, 0.6) is 0 Å². The van der Waals surface area contributed by atoms with E-state index in [-0.39, 0.29) is 0 Å². The van der Waals surface area contributed by atoms with E-state index in [9.17, 15) is 0 Å². The van der Waals surface area contributed by atoms with Crippen molar-refractivity contribution in [2.45, 2.75) is 13.0 Å². The minimum Gasteiger partial charge on any atom is -0.338 e. The molecule has 1 aromatic rings. The van der Waals surface area contributed by atoms with Crippen molar-refractivity contribution in [1.29, 1.82) is 0 Å². The lowest BCUT2D eigenvalue weighted by Gasteiger charge is -2.31. The van der Waals surface area contributed by atoms with Crippen LogP contribution in [0.2, 0.25) is 0 Å². The maximum atomic E-state index is 4.11. The Balaban J connectivity index is 2.04. The van der Waals surface area contributed by atoms with Crippen molar-refractivity contribution in [3.63, 3.8) is 0 Å². The molecule has 0 radical (unpaired) electrons. The van der Waals surface area contributed by atoms with E-state index < -0.39 is 0 Å². The molecule has 2 rings (SSSR count). The number of rotatable bonds is 1. The van der Waals surface area contributed by atoms with E-state index in [1.165, 1.54) is 0 Å². The van der Waals surface area contributed by atoms with Gasteiger partial charge in [0.1, 0.15) is 6.33 Å². The summed E-state index contributed by atoms with van der Waals surface area (Å²) >= 11 is 0. The Labute approximate surface area is 71.2 Å². The monoisotopic (exact) mass is 167 g/mol. The first-order valence-electron chi connectivity index (χ1n) is 4.20. The van der Waals surface area contributed by atoms with Gasteiger partial charge in [-0.2, -0.15) is 10.1 Å². The first-order chi connectivity index (χ1) is 5.86. The van der Waals surface area contributed by atoms with Gasteiger partial charge in [-0.25, -0.2) is 5.10 Å². The number of hydrogen-bond acceptors (Lipinski definition) is 4. The molecule has 1 unspecified atom stereocenters. The summed E-state index contributed by atoms with van der Waals surface area (Å²) in [7, 11) is 0. The maximum Gasteiger partial charge on any atom is 0.221 e. The summed E-state index contributed by atoms with van der Waals surface area (Å²) in [6.45, 7) is 5.18. The Morgan fingerprint density at radius 1 is 1.67 bits per heavy atom. The Morgan fingerprint density at radius 3 is 3.25 bits per heavy atom. The minimum atomic E-state index is 0.531. The van der Waals surface area contributed by atoms with E-state index in [1.54, 1.807) is 6.33 Å². The van der Waals surface area contributed by atoms with Gasteiger partial charge in [0.05, 0.1) is 0 Å². The molecule has 0 bridgehead atoms. The second-order valence-corrected chi connectivity index (χ2v) is 3.11. The molecule has 1 aliphatic rings. The Hall–Kier alpha value is -1.10. The second kappa shape index (κ2) is 3.10. The van der Waals surface area contributed by atoms with Crippen LogP contribution in [0.3, 0.4) is 0 Å². The highest BCUT2D eigenvalue weighted by atomic mass is 15.4. The van der Waals surface area contributed by atoms with Gasteiger partial charge in [0.2, 0.25) is 5.95 Å². The fourth-order valence-corrected chi connectivity index (χ4v) is 1.48. The number of nitrogens with zero attached hydrogens (tertiary/aromatic N) is 3. The van der Waals surface area contributed by atoms with E-state index in [0.717, 1.165) is 25.6 Å². The molecule has 1 aliphatic heterocycles. The summed E-state index contributed by atoms with van der Waals surface area (Å²) in [6.07, 6.45) is 1.54. The van der Waals surface area contributed by atoms with E-state index in [1.807, 2.05) is 0 Å². The van der Waals surface area contributed by atoms with E-state index in [4.69, 9.17) is 0 Å². The van der Waals surface area contributed by atoms with Gasteiger partial charge in [0.15, 0.2) is 0 Å². The van der Waals surface area contributed by atoms with Crippen molar-refractivity contribution < 1.29 is 0 Å². The number of aromatic nitrogens is 3. The Morgan fingerprint density at radius 2 is 2.58 bits per heavy atom. The first kappa shape index (κ1) is 7.54. The summed E-state index contributed by atoms with van der Waals surface area (Å²) in [4.78, 5) is 6.31. The van der Waals surface area contributed by atoms with Gasteiger partial charge in [0, 0.05) is 25.7 Å². The van der Waals surface area contributed by atoms with Gasteiger partial charge in [-0.1, -0.05) is 0 Å². The van der Waals surface area contributed by atoms with Crippen LogP contribution >= 0.6 is 0 Å². The molecule has 1 fully saturated rings. The SMILES string of the molecule is CC1CN(c2ncn[nH]2)CCN1. The number of H-pyrrole nitrogens is 1. The molecule has 0 spiro atoms. The molecule has 5 heteroatoms. The van der Waals surface area contributed by atoms with Crippen LogP contribution in [0.1, 0.15) is 6.92 Å². The maximum absolute atomic E-state index is 4.11. The topological polar surface area (TPSA) is 56.8 Å². The summed E-state index contributed by atoms with van der Waals surface area (Å²) in [5.41, 5.74) is 0. The second-order valence-electron chi connectivity index (χ2n) is 3.11. The van der Waals surface area contributed by atoms with Crippen LogP contribution in [0, 0.1) is 0 Å². The highest BCUT2D eigenvalue weighted by Crippen LogP contribution is 2.07. The quantitative estimate of drug-likeness (QED) is 0.597. The van der Waals surface area contributed by atoms with Crippen LogP contribution in [0.15, 0.2) is 6.33 Å². The fourth-order valence-electron chi connectivity index (χ4n) is 1.48. The van der Waals surface area contributed by atoms with Crippen LogP contribution in [-0.4, -0.2) is 40.9 Å². The van der Waals surface area contributed by atoms with Crippen LogP contribution in [0.25, 0.3) is 0 Å². The molecule has 0 aliphatic carbocycles. The molecule has 0 amide bonds. The average Bonchev–Trinajstić information content (AvgIpc) is 2.56. The molecule has 0 aromatic carbocycles. The van der Waals surface area contributed by atoms with Crippen molar-refractivity contribution in [2.24, 2.45) is 0 Å². The molecule has 1 saturated heterocycles. The molecule has 0 saturated carbocycles. The highest BCUT2D eigenvalue weighted by molar-refractivity contribution is 5.28. The first-order valence-corrected chi connectivity index (χ1v) is 4.20. The largest absolute Gasteiger partial charge is 0.338 e. The minimum absolute atomic E-state index is 0.531. The molecule has 1 aromatic heterocycles. The van der Waals surface area contributed by atoms with Gasteiger partial charge >= 0.3 is 0 Å². The standard InChI is InChI=1S/C7H13N5/c1-6-4-12(3-2-8-6)7-9-5-10-11-7/h5-6,8H,2-4H2,1H3,(H,9,10,11). The Kier molecular flexibility index (Phi) is 1.95. The van der Waals surface area contributed by atoms with Gasteiger partial charge < -0.3 is 10.2 Å². The molecule has 5 nitrogen and oxygen atoms in total. The van der Waals surface area contributed by atoms with Gasteiger partial charge in [-0.05, 0) is 6.92 Å². The zero-order valence-corrected chi connectivity index (χ0v) is 7.12. The number of nitrogens with one attached hydrogen (secondary N) is 2. The van der Waals surface area contributed by atoms with Crippen LogP contribution < -0.4 is 10.2 Å². The van der Waals surface area contributed by atoms with E-state index in [2.05, 4.69) is 32.3 Å². The summed E-state index contributed by atoms with van der Waals surface area (Å²) in [5.74, 6) is 0.878.